The lowest BCUT2D eigenvalue weighted by atomic mass is 10.1. The van der Waals surface area contributed by atoms with E-state index in [0.717, 1.165) is 5.56 Å². The maximum Gasteiger partial charge on any atom is 0.319 e. The number of benzene rings is 1. The van der Waals surface area contributed by atoms with Gasteiger partial charge in [-0.1, -0.05) is 12.1 Å². The van der Waals surface area contributed by atoms with E-state index in [1.165, 1.54) is 12.8 Å². The fraction of sp³-hybridized carbons (Fsp3) is 0.500. The number of carbonyl (C=O) groups is 1. The average molecular weight is 248 g/mol. The molecule has 3 N–H and O–H groups in total. The summed E-state index contributed by atoms with van der Waals surface area (Å²) in [6, 6.07) is 7.30. The van der Waals surface area contributed by atoms with Crippen LogP contribution in [0.15, 0.2) is 24.3 Å². The van der Waals surface area contributed by atoms with Crippen LogP contribution in [0.4, 0.5) is 10.5 Å². The summed E-state index contributed by atoms with van der Waals surface area (Å²) < 4.78 is 0. The van der Waals surface area contributed by atoms with Crippen LogP contribution in [0, 0.1) is 5.92 Å². The minimum absolute atomic E-state index is 0.183. The van der Waals surface area contributed by atoms with Gasteiger partial charge in [-0.05, 0) is 50.3 Å². The predicted octanol–water partition coefficient (Wildman–Crippen LogP) is 2.66. The second-order valence-corrected chi connectivity index (χ2v) is 5.03. The monoisotopic (exact) mass is 248 g/mol. The van der Waals surface area contributed by atoms with Crippen molar-refractivity contribution < 1.29 is 9.90 Å². The van der Waals surface area contributed by atoms with Crippen LogP contribution in [0.2, 0.25) is 0 Å². The molecule has 98 valence electrons. The standard InChI is InChI=1S/C14H20N2O2/c1-9(11-6-7-11)15-14(18)16-13-5-3-4-12(8-13)10(2)17/h3-5,8-11,17H,6-7H2,1-2H3,(H2,15,16,18). The molecule has 0 saturated heterocycles. The Morgan fingerprint density at radius 3 is 2.72 bits per heavy atom. The van der Waals surface area contributed by atoms with E-state index in [2.05, 4.69) is 10.6 Å². The lowest BCUT2D eigenvalue weighted by Gasteiger charge is -2.14. The summed E-state index contributed by atoms with van der Waals surface area (Å²) in [5, 5.41) is 15.2. The molecule has 0 aliphatic heterocycles. The zero-order valence-electron chi connectivity index (χ0n) is 10.8. The highest BCUT2D eigenvalue weighted by atomic mass is 16.3. The summed E-state index contributed by atoms with van der Waals surface area (Å²) in [5.74, 6) is 0.638. The van der Waals surface area contributed by atoms with E-state index in [-0.39, 0.29) is 12.1 Å². The van der Waals surface area contributed by atoms with Gasteiger partial charge < -0.3 is 15.7 Å². The lowest BCUT2D eigenvalue weighted by molar-refractivity contribution is 0.199. The van der Waals surface area contributed by atoms with Gasteiger partial charge in [0.05, 0.1) is 6.10 Å². The van der Waals surface area contributed by atoms with Gasteiger partial charge in [-0.3, -0.25) is 0 Å². The van der Waals surface area contributed by atoms with E-state index in [4.69, 9.17) is 0 Å². The van der Waals surface area contributed by atoms with E-state index in [0.29, 0.717) is 11.6 Å². The topological polar surface area (TPSA) is 61.4 Å². The summed E-state index contributed by atoms with van der Waals surface area (Å²) in [5.41, 5.74) is 1.50. The van der Waals surface area contributed by atoms with Crippen LogP contribution in [0.3, 0.4) is 0 Å². The van der Waals surface area contributed by atoms with Gasteiger partial charge in [0.1, 0.15) is 0 Å². The highest BCUT2D eigenvalue weighted by Crippen LogP contribution is 2.32. The van der Waals surface area contributed by atoms with Crippen LogP contribution >= 0.6 is 0 Å². The van der Waals surface area contributed by atoms with Gasteiger partial charge in [-0.15, -0.1) is 0 Å². The number of anilines is 1. The number of hydrogen-bond donors (Lipinski definition) is 3. The van der Waals surface area contributed by atoms with E-state index in [9.17, 15) is 9.90 Å². The Balaban J connectivity index is 1.91. The summed E-state index contributed by atoms with van der Waals surface area (Å²) in [4.78, 5) is 11.8. The fourth-order valence-electron chi connectivity index (χ4n) is 1.96. The van der Waals surface area contributed by atoms with Gasteiger partial charge in [0, 0.05) is 11.7 Å². The Labute approximate surface area is 107 Å². The molecule has 1 saturated carbocycles. The van der Waals surface area contributed by atoms with Crippen molar-refractivity contribution in [2.45, 2.75) is 38.8 Å². The van der Waals surface area contributed by atoms with Crippen molar-refractivity contribution in [2.75, 3.05) is 5.32 Å². The Morgan fingerprint density at radius 2 is 2.11 bits per heavy atom. The molecule has 4 nitrogen and oxygen atoms in total. The Hall–Kier alpha value is -1.55. The highest BCUT2D eigenvalue weighted by molar-refractivity contribution is 5.89. The number of rotatable bonds is 4. The van der Waals surface area contributed by atoms with Crippen LogP contribution < -0.4 is 10.6 Å². The van der Waals surface area contributed by atoms with Gasteiger partial charge in [-0.2, -0.15) is 0 Å². The molecular formula is C14H20N2O2. The van der Waals surface area contributed by atoms with Gasteiger partial charge in [0.25, 0.3) is 0 Å². The van der Waals surface area contributed by atoms with Gasteiger partial charge >= 0.3 is 6.03 Å². The predicted molar refractivity (Wildman–Crippen MR) is 71.4 cm³/mol. The first kappa shape index (κ1) is 12.9. The zero-order chi connectivity index (χ0) is 13.1. The third-order valence-corrected chi connectivity index (χ3v) is 3.31. The number of hydrogen-bond acceptors (Lipinski definition) is 2. The highest BCUT2D eigenvalue weighted by Gasteiger charge is 2.28. The van der Waals surface area contributed by atoms with Crippen molar-refractivity contribution in [1.82, 2.24) is 5.32 Å². The van der Waals surface area contributed by atoms with Crippen molar-refractivity contribution in [3.63, 3.8) is 0 Å². The molecule has 2 unspecified atom stereocenters. The quantitative estimate of drug-likeness (QED) is 0.767. The minimum atomic E-state index is -0.528. The molecule has 0 radical (unpaired) electrons. The Kier molecular flexibility index (Phi) is 3.87. The van der Waals surface area contributed by atoms with Crippen LogP contribution in [0.25, 0.3) is 0 Å². The van der Waals surface area contributed by atoms with Crippen LogP contribution in [-0.4, -0.2) is 17.2 Å². The summed E-state index contributed by atoms with van der Waals surface area (Å²) in [7, 11) is 0. The molecule has 2 rings (SSSR count). The lowest BCUT2D eigenvalue weighted by Crippen LogP contribution is -2.37. The number of aliphatic hydroxyl groups excluding tert-OH is 1. The summed E-state index contributed by atoms with van der Waals surface area (Å²) in [6.45, 7) is 3.73. The summed E-state index contributed by atoms with van der Waals surface area (Å²) in [6.07, 6.45) is 1.89. The maximum absolute atomic E-state index is 11.8. The fourth-order valence-corrected chi connectivity index (χ4v) is 1.96. The number of aliphatic hydroxyl groups is 1. The third kappa shape index (κ3) is 3.47. The molecule has 1 aromatic rings. The smallest absolute Gasteiger partial charge is 0.319 e. The number of carbonyl (C=O) groups excluding carboxylic acids is 1. The first-order valence-corrected chi connectivity index (χ1v) is 6.42. The van der Waals surface area contributed by atoms with Crippen molar-refractivity contribution in [1.29, 1.82) is 0 Å². The molecule has 2 atom stereocenters. The van der Waals surface area contributed by atoms with Crippen LogP contribution in [0.1, 0.15) is 38.4 Å². The minimum Gasteiger partial charge on any atom is -0.389 e. The second kappa shape index (κ2) is 5.40. The van der Waals surface area contributed by atoms with Crippen molar-refractivity contribution in [3.05, 3.63) is 29.8 Å². The van der Waals surface area contributed by atoms with E-state index >= 15 is 0 Å². The molecule has 4 heteroatoms. The van der Waals surface area contributed by atoms with Gasteiger partial charge in [0.2, 0.25) is 0 Å². The first-order valence-electron chi connectivity index (χ1n) is 6.42. The maximum atomic E-state index is 11.8. The second-order valence-electron chi connectivity index (χ2n) is 5.03. The Bertz CT molecular complexity index is 428. The van der Waals surface area contributed by atoms with Crippen molar-refractivity contribution in [2.24, 2.45) is 5.92 Å². The normalized spacial score (nSPS) is 17.9. The molecule has 1 aliphatic rings. The van der Waals surface area contributed by atoms with Crippen molar-refractivity contribution >= 4 is 11.7 Å². The molecule has 1 aliphatic carbocycles. The molecular weight excluding hydrogens is 228 g/mol. The van der Waals surface area contributed by atoms with Crippen molar-refractivity contribution in [3.8, 4) is 0 Å². The number of amides is 2. The molecule has 1 fully saturated rings. The number of nitrogens with one attached hydrogen (secondary N) is 2. The summed E-state index contributed by atoms with van der Waals surface area (Å²) >= 11 is 0. The Morgan fingerprint density at radius 1 is 1.39 bits per heavy atom. The molecule has 0 spiro atoms. The SMILES string of the molecule is CC(O)c1cccc(NC(=O)NC(C)C2CC2)c1. The first-order chi connectivity index (χ1) is 8.56. The van der Waals surface area contributed by atoms with E-state index in [1.54, 1.807) is 13.0 Å². The van der Waals surface area contributed by atoms with Crippen LogP contribution in [-0.2, 0) is 0 Å². The molecule has 0 aromatic heterocycles. The van der Waals surface area contributed by atoms with E-state index in [1.807, 2.05) is 25.1 Å². The molecule has 2 amide bonds. The van der Waals surface area contributed by atoms with Gasteiger partial charge in [-0.25, -0.2) is 4.79 Å². The molecule has 1 aromatic carbocycles. The zero-order valence-corrected chi connectivity index (χ0v) is 10.8. The van der Waals surface area contributed by atoms with E-state index < -0.39 is 6.10 Å². The largest absolute Gasteiger partial charge is 0.389 e. The number of urea groups is 1. The third-order valence-electron chi connectivity index (χ3n) is 3.31. The average Bonchev–Trinajstić information content (AvgIpc) is 3.12. The molecule has 18 heavy (non-hydrogen) atoms. The van der Waals surface area contributed by atoms with Crippen LogP contribution in [0.5, 0.6) is 0 Å². The molecule has 0 heterocycles. The van der Waals surface area contributed by atoms with Gasteiger partial charge in [0.15, 0.2) is 0 Å². The molecule has 0 bridgehead atoms.